The molecule has 0 saturated carbocycles. The topological polar surface area (TPSA) is 65.0 Å². The van der Waals surface area contributed by atoms with Gasteiger partial charge in [0.25, 0.3) is 0 Å². The molecule has 1 N–H and O–H groups in total. The van der Waals surface area contributed by atoms with Crippen LogP contribution in [0.3, 0.4) is 0 Å². The van der Waals surface area contributed by atoms with Gasteiger partial charge in [-0.3, -0.25) is 4.79 Å². The van der Waals surface area contributed by atoms with Crippen LogP contribution in [0.1, 0.15) is 65.5 Å². The molecule has 1 saturated heterocycles. The molecular weight excluding hydrogens is 319 g/mol. The Labute approximate surface area is 149 Å². The SMILES string of the molecule is CC(C)(C)c1cc(B2OC(C)(C)C(C)(C)O2)cc2c1OCC2C(=O)O. The highest BCUT2D eigenvalue weighted by molar-refractivity contribution is 6.62. The number of aliphatic carboxylic acids is 1. The van der Waals surface area contributed by atoms with Crippen molar-refractivity contribution in [3.8, 4) is 5.75 Å². The summed E-state index contributed by atoms with van der Waals surface area (Å²) in [6.07, 6.45) is 0. The first-order valence-corrected chi connectivity index (χ1v) is 8.73. The van der Waals surface area contributed by atoms with Gasteiger partial charge in [0.05, 0.1) is 11.2 Å². The van der Waals surface area contributed by atoms with Gasteiger partial charge < -0.3 is 19.2 Å². The van der Waals surface area contributed by atoms with Gasteiger partial charge in [0.1, 0.15) is 18.3 Å². The van der Waals surface area contributed by atoms with Crippen LogP contribution in [-0.2, 0) is 19.5 Å². The Morgan fingerprint density at radius 1 is 1.16 bits per heavy atom. The first kappa shape index (κ1) is 18.3. The van der Waals surface area contributed by atoms with E-state index in [1.807, 2.05) is 39.8 Å². The average Bonchev–Trinajstić information content (AvgIpc) is 2.95. The van der Waals surface area contributed by atoms with E-state index < -0.39 is 30.2 Å². The molecule has 0 bridgehead atoms. The molecule has 2 aliphatic rings. The predicted molar refractivity (Wildman–Crippen MR) is 96.7 cm³/mol. The molecule has 0 aromatic heterocycles. The van der Waals surface area contributed by atoms with Gasteiger partial charge in [-0.2, -0.15) is 0 Å². The number of carbonyl (C=O) groups is 1. The molecular formula is C19H27BO5. The van der Waals surface area contributed by atoms with E-state index in [0.717, 1.165) is 11.0 Å². The second-order valence-electron chi connectivity index (χ2n) is 9.03. The maximum Gasteiger partial charge on any atom is 0.494 e. The lowest BCUT2D eigenvalue weighted by Gasteiger charge is -2.32. The normalized spacial score (nSPS) is 24.1. The Morgan fingerprint density at radius 3 is 2.20 bits per heavy atom. The third-order valence-electron chi connectivity index (χ3n) is 5.54. The third kappa shape index (κ3) is 2.95. The first-order valence-electron chi connectivity index (χ1n) is 8.73. The van der Waals surface area contributed by atoms with Crippen molar-refractivity contribution in [2.24, 2.45) is 0 Å². The molecule has 25 heavy (non-hydrogen) atoms. The van der Waals surface area contributed by atoms with E-state index in [1.165, 1.54) is 0 Å². The molecule has 136 valence electrons. The van der Waals surface area contributed by atoms with Gasteiger partial charge in [-0.1, -0.05) is 32.9 Å². The van der Waals surface area contributed by atoms with Crippen LogP contribution in [0.2, 0.25) is 0 Å². The molecule has 1 aromatic rings. The fraction of sp³-hybridized carbons (Fsp3) is 0.632. The smallest absolute Gasteiger partial charge is 0.492 e. The van der Waals surface area contributed by atoms with Crippen LogP contribution in [0.4, 0.5) is 0 Å². The van der Waals surface area contributed by atoms with Crippen LogP contribution < -0.4 is 10.2 Å². The van der Waals surface area contributed by atoms with E-state index in [1.54, 1.807) is 0 Å². The monoisotopic (exact) mass is 346 g/mol. The van der Waals surface area contributed by atoms with Crippen molar-refractivity contribution in [3.05, 3.63) is 23.3 Å². The maximum absolute atomic E-state index is 11.6. The van der Waals surface area contributed by atoms with Crippen molar-refractivity contribution < 1.29 is 23.9 Å². The van der Waals surface area contributed by atoms with E-state index in [4.69, 9.17) is 14.0 Å². The minimum atomic E-state index is -0.871. The summed E-state index contributed by atoms with van der Waals surface area (Å²) in [4.78, 5) is 11.6. The second-order valence-corrected chi connectivity index (χ2v) is 9.03. The van der Waals surface area contributed by atoms with Crippen LogP contribution in [0.25, 0.3) is 0 Å². The summed E-state index contributed by atoms with van der Waals surface area (Å²) in [5.74, 6) is -0.830. The van der Waals surface area contributed by atoms with Gasteiger partial charge in [-0.05, 0) is 44.1 Å². The lowest BCUT2D eigenvalue weighted by Crippen LogP contribution is -2.41. The second kappa shape index (κ2) is 5.48. The number of benzene rings is 1. The van der Waals surface area contributed by atoms with Gasteiger partial charge in [0.15, 0.2) is 0 Å². The summed E-state index contributed by atoms with van der Waals surface area (Å²) in [6, 6.07) is 3.91. The number of hydrogen-bond acceptors (Lipinski definition) is 4. The predicted octanol–water partition coefficient (Wildman–Crippen LogP) is 2.84. The highest BCUT2D eigenvalue weighted by Gasteiger charge is 2.52. The van der Waals surface area contributed by atoms with Crippen molar-refractivity contribution >= 4 is 18.6 Å². The van der Waals surface area contributed by atoms with Crippen molar-refractivity contribution in [2.45, 2.75) is 71.0 Å². The summed E-state index contributed by atoms with van der Waals surface area (Å²) in [5.41, 5.74) is 1.47. The average molecular weight is 346 g/mol. The minimum Gasteiger partial charge on any atom is -0.492 e. The van der Waals surface area contributed by atoms with Gasteiger partial charge in [0.2, 0.25) is 0 Å². The standard InChI is InChI=1S/C19H27BO5/c1-17(2,3)14-9-11(20-24-18(4,5)19(6,7)25-20)8-12-13(16(21)22)10-23-15(12)14/h8-9,13H,10H2,1-7H3,(H,21,22). The molecule has 6 heteroatoms. The van der Waals surface area contributed by atoms with E-state index in [-0.39, 0.29) is 12.0 Å². The van der Waals surface area contributed by atoms with E-state index in [2.05, 4.69) is 20.8 Å². The fourth-order valence-corrected chi connectivity index (χ4v) is 3.23. The quantitative estimate of drug-likeness (QED) is 0.835. The molecule has 0 radical (unpaired) electrons. The maximum atomic E-state index is 11.6. The largest absolute Gasteiger partial charge is 0.494 e. The minimum absolute atomic E-state index is 0.167. The summed E-state index contributed by atoms with van der Waals surface area (Å²) in [5, 5.41) is 9.53. The Bertz CT molecular complexity index is 701. The number of fused-ring (bicyclic) bond motifs is 1. The van der Waals surface area contributed by atoms with E-state index in [9.17, 15) is 9.90 Å². The van der Waals surface area contributed by atoms with Crippen LogP contribution >= 0.6 is 0 Å². The molecule has 1 aromatic carbocycles. The van der Waals surface area contributed by atoms with E-state index in [0.29, 0.717) is 11.3 Å². The molecule has 0 amide bonds. The molecule has 1 unspecified atom stereocenters. The molecule has 0 spiro atoms. The van der Waals surface area contributed by atoms with Gasteiger partial charge in [0, 0.05) is 5.56 Å². The Balaban J connectivity index is 2.11. The Morgan fingerprint density at radius 2 is 1.72 bits per heavy atom. The lowest BCUT2D eigenvalue weighted by atomic mass is 9.73. The molecule has 1 fully saturated rings. The zero-order valence-corrected chi connectivity index (χ0v) is 16.1. The number of carboxylic acids is 1. The number of hydrogen-bond donors (Lipinski definition) is 1. The summed E-state index contributed by atoms with van der Waals surface area (Å²) >= 11 is 0. The van der Waals surface area contributed by atoms with Gasteiger partial charge in [-0.25, -0.2) is 0 Å². The molecule has 2 heterocycles. The first-order chi connectivity index (χ1) is 11.3. The van der Waals surface area contributed by atoms with Crippen LogP contribution in [0.5, 0.6) is 5.75 Å². The number of carboxylic acid groups (broad SMARTS) is 1. The fourth-order valence-electron chi connectivity index (χ4n) is 3.23. The number of ether oxygens (including phenoxy) is 1. The lowest BCUT2D eigenvalue weighted by molar-refractivity contribution is -0.138. The summed E-state index contributed by atoms with van der Waals surface area (Å²) in [6.45, 7) is 14.5. The van der Waals surface area contributed by atoms with Crippen molar-refractivity contribution in [1.29, 1.82) is 0 Å². The van der Waals surface area contributed by atoms with Gasteiger partial charge >= 0.3 is 13.1 Å². The summed E-state index contributed by atoms with van der Waals surface area (Å²) < 4.78 is 18.1. The molecule has 3 rings (SSSR count). The summed E-state index contributed by atoms with van der Waals surface area (Å²) in [7, 11) is -0.522. The van der Waals surface area contributed by atoms with Crippen LogP contribution in [0.15, 0.2) is 12.1 Å². The highest BCUT2D eigenvalue weighted by atomic mass is 16.7. The van der Waals surface area contributed by atoms with Crippen LogP contribution in [0, 0.1) is 0 Å². The zero-order valence-electron chi connectivity index (χ0n) is 16.1. The van der Waals surface area contributed by atoms with E-state index >= 15 is 0 Å². The zero-order chi connectivity index (χ0) is 18.8. The Kier molecular flexibility index (Phi) is 4.01. The van der Waals surface area contributed by atoms with Crippen molar-refractivity contribution in [1.82, 2.24) is 0 Å². The van der Waals surface area contributed by atoms with Gasteiger partial charge in [-0.15, -0.1) is 0 Å². The highest BCUT2D eigenvalue weighted by Crippen LogP contribution is 2.43. The molecule has 5 nitrogen and oxygen atoms in total. The van der Waals surface area contributed by atoms with Crippen molar-refractivity contribution in [2.75, 3.05) is 6.61 Å². The molecule has 1 atom stereocenters. The van der Waals surface area contributed by atoms with Crippen LogP contribution in [-0.4, -0.2) is 36.0 Å². The number of rotatable bonds is 2. The Hall–Kier alpha value is -1.53. The molecule has 0 aliphatic carbocycles. The van der Waals surface area contributed by atoms with Crippen molar-refractivity contribution in [3.63, 3.8) is 0 Å². The molecule has 2 aliphatic heterocycles. The third-order valence-corrected chi connectivity index (χ3v) is 5.54.